The van der Waals surface area contributed by atoms with E-state index in [-0.39, 0.29) is 11.3 Å². The Hall–Kier alpha value is -2.80. The van der Waals surface area contributed by atoms with Crippen LogP contribution in [0, 0.1) is 11.3 Å². The second-order valence-electron chi connectivity index (χ2n) is 5.92. The number of hydrogen-bond donors (Lipinski definition) is 0. The van der Waals surface area contributed by atoms with E-state index in [0.717, 1.165) is 11.1 Å². The first-order chi connectivity index (χ1) is 10.5. The van der Waals surface area contributed by atoms with E-state index in [4.69, 9.17) is 10.00 Å². The predicted octanol–water partition coefficient (Wildman–Crippen LogP) is 2.85. The molecule has 0 atom stereocenters. The summed E-state index contributed by atoms with van der Waals surface area (Å²) in [5.41, 5.74) is 2.63. The van der Waals surface area contributed by atoms with Crippen molar-refractivity contribution in [1.82, 2.24) is 0 Å². The molecule has 2 aromatic rings. The lowest BCUT2D eigenvalue weighted by Gasteiger charge is -2.14. The number of nitriles is 1. The van der Waals surface area contributed by atoms with Gasteiger partial charge in [0, 0.05) is 5.56 Å². The van der Waals surface area contributed by atoms with Gasteiger partial charge in [0.05, 0.1) is 17.2 Å². The second kappa shape index (κ2) is 5.19. The van der Waals surface area contributed by atoms with Gasteiger partial charge in [-0.3, -0.25) is 0 Å². The quantitative estimate of drug-likeness (QED) is 0.854. The number of ether oxygens (including phenoxy) is 1. The molecule has 0 aromatic heterocycles. The van der Waals surface area contributed by atoms with Gasteiger partial charge in [0.25, 0.3) is 0 Å². The van der Waals surface area contributed by atoms with E-state index >= 15 is 0 Å². The fourth-order valence-corrected chi connectivity index (χ4v) is 2.34. The van der Waals surface area contributed by atoms with Crippen molar-refractivity contribution in [2.24, 2.45) is 4.99 Å². The molecule has 0 spiro atoms. The van der Waals surface area contributed by atoms with Crippen molar-refractivity contribution >= 4 is 5.90 Å². The molecule has 0 saturated carbocycles. The molecule has 0 aliphatic carbocycles. The van der Waals surface area contributed by atoms with Crippen LogP contribution in [0.15, 0.2) is 47.5 Å². The largest absolute Gasteiger partial charge is 0.872 e. The molecule has 0 N–H and O–H groups in total. The smallest absolute Gasteiger partial charge is 0.216 e. The van der Waals surface area contributed by atoms with Crippen LogP contribution in [0.4, 0.5) is 0 Å². The average Bonchev–Trinajstić information content (AvgIpc) is 2.88. The highest BCUT2D eigenvalue weighted by atomic mass is 16.5. The van der Waals surface area contributed by atoms with Crippen molar-refractivity contribution in [1.29, 1.82) is 5.26 Å². The topological polar surface area (TPSA) is 68.4 Å². The summed E-state index contributed by atoms with van der Waals surface area (Å²) >= 11 is 0. The van der Waals surface area contributed by atoms with Crippen LogP contribution in [-0.2, 0) is 4.74 Å². The molecule has 0 radical (unpaired) electrons. The van der Waals surface area contributed by atoms with Crippen LogP contribution in [0.1, 0.15) is 25.0 Å². The van der Waals surface area contributed by atoms with Gasteiger partial charge in [0.15, 0.2) is 0 Å². The molecule has 22 heavy (non-hydrogen) atoms. The van der Waals surface area contributed by atoms with Crippen LogP contribution < -0.4 is 5.11 Å². The van der Waals surface area contributed by atoms with Crippen LogP contribution in [-0.4, -0.2) is 18.0 Å². The monoisotopic (exact) mass is 291 g/mol. The molecule has 0 bridgehead atoms. The van der Waals surface area contributed by atoms with Crippen LogP contribution in [0.3, 0.4) is 0 Å². The van der Waals surface area contributed by atoms with Gasteiger partial charge in [-0.1, -0.05) is 30.0 Å². The molecule has 1 aliphatic heterocycles. The molecule has 4 heteroatoms. The van der Waals surface area contributed by atoms with Gasteiger partial charge >= 0.3 is 0 Å². The number of benzene rings is 2. The molecule has 1 heterocycles. The third kappa shape index (κ3) is 2.66. The Balaban J connectivity index is 2.01. The van der Waals surface area contributed by atoms with Gasteiger partial charge in [-0.2, -0.15) is 5.26 Å². The number of rotatable bonds is 2. The zero-order chi connectivity index (χ0) is 15.7. The van der Waals surface area contributed by atoms with Crippen LogP contribution >= 0.6 is 0 Å². The fourth-order valence-electron chi connectivity index (χ4n) is 2.34. The van der Waals surface area contributed by atoms with E-state index in [1.165, 1.54) is 6.07 Å². The van der Waals surface area contributed by atoms with E-state index in [1.54, 1.807) is 24.3 Å². The third-order valence-electron chi connectivity index (χ3n) is 3.52. The van der Waals surface area contributed by atoms with Crippen molar-refractivity contribution < 1.29 is 9.84 Å². The minimum atomic E-state index is -0.299. The fraction of sp³-hybridized carbons (Fsp3) is 0.222. The van der Waals surface area contributed by atoms with E-state index in [9.17, 15) is 5.11 Å². The van der Waals surface area contributed by atoms with E-state index in [2.05, 4.69) is 11.1 Å². The summed E-state index contributed by atoms with van der Waals surface area (Å²) in [4.78, 5) is 4.47. The summed E-state index contributed by atoms with van der Waals surface area (Å²) in [6.45, 7) is 4.41. The molecule has 0 fully saturated rings. The maximum Gasteiger partial charge on any atom is 0.216 e. The summed E-state index contributed by atoms with van der Waals surface area (Å²) < 4.78 is 5.57. The average molecular weight is 291 g/mol. The first-order valence-electron chi connectivity index (χ1n) is 7.03. The molecule has 0 saturated heterocycles. The lowest BCUT2D eigenvalue weighted by atomic mass is 10.0. The molecule has 2 aromatic carbocycles. The molecular formula is C18H15N2O2-. The summed E-state index contributed by atoms with van der Waals surface area (Å²) in [7, 11) is 0. The first-order valence-corrected chi connectivity index (χ1v) is 7.03. The molecule has 110 valence electrons. The van der Waals surface area contributed by atoms with Crippen LogP contribution in [0.5, 0.6) is 5.75 Å². The van der Waals surface area contributed by atoms with Gasteiger partial charge in [0.1, 0.15) is 6.61 Å². The van der Waals surface area contributed by atoms with Crippen molar-refractivity contribution in [2.45, 2.75) is 19.4 Å². The minimum Gasteiger partial charge on any atom is -0.872 e. The summed E-state index contributed by atoms with van der Waals surface area (Å²) in [5.74, 6) is 0.305. The van der Waals surface area contributed by atoms with Gasteiger partial charge in [0.2, 0.25) is 5.90 Å². The first kappa shape index (κ1) is 14.2. The number of nitrogens with zero attached hydrogens (tertiary/aromatic N) is 2. The molecule has 3 rings (SSSR count). The van der Waals surface area contributed by atoms with E-state index in [1.807, 2.05) is 26.0 Å². The maximum atomic E-state index is 12.1. The van der Waals surface area contributed by atoms with Gasteiger partial charge < -0.3 is 9.84 Å². The van der Waals surface area contributed by atoms with Crippen LogP contribution in [0.25, 0.3) is 11.1 Å². The zero-order valence-electron chi connectivity index (χ0n) is 12.5. The Morgan fingerprint density at radius 2 is 1.82 bits per heavy atom. The van der Waals surface area contributed by atoms with Gasteiger partial charge in [-0.25, -0.2) is 4.99 Å². The van der Waals surface area contributed by atoms with Crippen molar-refractivity contribution in [2.75, 3.05) is 6.61 Å². The molecule has 4 nitrogen and oxygen atoms in total. The van der Waals surface area contributed by atoms with Crippen molar-refractivity contribution in [3.05, 3.63) is 53.6 Å². The number of hydrogen-bond acceptors (Lipinski definition) is 4. The second-order valence-corrected chi connectivity index (χ2v) is 5.92. The predicted molar refractivity (Wildman–Crippen MR) is 82.6 cm³/mol. The Morgan fingerprint density at radius 3 is 2.41 bits per heavy atom. The lowest BCUT2D eigenvalue weighted by Crippen LogP contribution is -2.17. The van der Waals surface area contributed by atoms with E-state index < -0.39 is 0 Å². The molecule has 1 aliphatic rings. The molecular weight excluding hydrogens is 276 g/mol. The zero-order valence-corrected chi connectivity index (χ0v) is 12.5. The highest BCUT2D eigenvalue weighted by Crippen LogP contribution is 2.29. The van der Waals surface area contributed by atoms with Gasteiger partial charge in [-0.05, 0) is 43.2 Å². The van der Waals surface area contributed by atoms with Gasteiger partial charge in [-0.15, -0.1) is 0 Å². The van der Waals surface area contributed by atoms with Crippen molar-refractivity contribution in [3.63, 3.8) is 0 Å². The molecule has 0 unspecified atom stereocenters. The standard InChI is InChI=1S/C18H16N2O2/c1-18(2)11-22-17(20-18)15-9-14(7-8-16(15)21)13-5-3-12(10-19)4-6-13/h3-9,21H,11H2,1-2H3/p-1. The highest BCUT2D eigenvalue weighted by Gasteiger charge is 2.27. The Labute approximate surface area is 129 Å². The summed E-state index contributed by atoms with van der Waals surface area (Å²) in [6.07, 6.45) is 0. The summed E-state index contributed by atoms with van der Waals surface area (Å²) in [6, 6.07) is 14.4. The maximum absolute atomic E-state index is 12.1. The lowest BCUT2D eigenvalue weighted by molar-refractivity contribution is -0.268. The normalized spacial score (nSPS) is 15.8. The summed E-state index contributed by atoms with van der Waals surface area (Å²) in [5, 5.41) is 20.9. The van der Waals surface area contributed by atoms with Crippen molar-refractivity contribution in [3.8, 4) is 22.9 Å². The van der Waals surface area contributed by atoms with E-state index in [0.29, 0.717) is 23.6 Å². The Morgan fingerprint density at radius 1 is 1.14 bits per heavy atom. The number of aliphatic imine (C=N–C) groups is 1. The van der Waals surface area contributed by atoms with Crippen LogP contribution in [0.2, 0.25) is 0 Å². The minimum absolute atomic E-state index is 0.103. The molecule has 0 amide bonds. The third-order valence-corrected chi connectivity index (χ3v) is 3.52. The SMILES string of the molecule is CC1(C)COC(c2cc(-c3ccc(C#N)cc3)ccc2[O-])=N1. The highest BCUT2D eigenvalue weighted by molar-refractivity contribution is 5.99. The Kier molecular flexibility index (Phi) is 3.34. The Bertz CT molecular complexity index is 784.